The highest BCUT2D eigenvalue weighted by molar-refractivity contribution is 8.00. The minimum absolute atomic E-state index is 0.0448. The van der Waals surface area contributed by atoms with Gasteiger partial charge in [-0.3, -0.25) is 19.7 Å². The van der Waals surface area contributed by atoms with Gasteiger partial charge in [-0.05, 0) is 35.9 Å². The minimum atomic E-state index is -1.73. The quantitative estimate of drug-likeness (QED) is 0.0812. The molecule has 39 heavy (non-hydrogen) atoms. The van der Waals surface area contributed by atoms with Crippen LogP contribution in [0.3, 0.4) is 0 Å². The number of hydrogen-bond donors (Lipinski definition) is 2. The van der Waals surface area contributed by atoms with E-state index in [1.165, 1.54) is 30.3 Å². The molecule has 0 aromatic heterocycles. The SMILES string of the molecule is O=C(Nc1ccc(SC(C(=O)Nc2c(F)c(F)cc(F)c2F)c2ccccc2)cc1)c1cccc([N+](=O)[O-])c1. The molecule has 0 bridgehead atoms. The summed E-state index contributed by atoms with van der Waals surface area (Å²) in [6.07, 6.45) is 0. The Balaban J connectivity index is 1.53. The number of non-ortho nitro benzene ring substituents is 1. The number of nitro benzene ring substituents is 1. The normalized spacial score (nSPS) is 11.5. The van der Waals surface area contributed by atoms with Crippen molar-refractivity contribution < 1.29 is 32.1 Å². The van der Waals surface area contributed by atoms with Crippen LogP contribution in [0.5, 0.6) is 0 Å². The summed E-state index contributed by atoms with van der Waals surface area (Å²) in [7, 11) is 0. The fourth-order valence-corrected chi connectivity index (χ4v) is 4.51. The van der Waals surface area contributed by atoms with Gasteiger partial charge in [0.2, 0.25) is 5.91 Å². The number of thioether (sulfide) groups is 1. The lowest BCUT2D eigenvalue weighted by atomic mass is 10.1. The maximum absolute atomic E-state index is 14.2. The number of carbonyl (C=O) groups is 2. The van der Waals surface area contributed by atoms with E-state index in [4.69, 9.17) is 0 Å². The van der Waals surface area contributed by atoms with E-state index in [2.05, 4.69) is 5.32 Å². The number of nitrogens with zero attached hydrogens (tertiary/aromatic N) is 1. The van der Waals surface area contributed by atoms with Gasteiger partial charge >= 0.3 is 0 Å². The summed E-state index contributed by atoms with van der Waals surface area (Å²) in [4.78, 5) is 36.4. The zero-order valence-corrected chi connectivity index (χ0v) is 20.5. The van der Waals surface area contributed by atoms with Crippen molar-refractivity contribution in [3.8, 4) is 0 Å². The van der Waals surface area contributed by atoms with Gasteiger partial charge < -0.3 is 10.6 Å². The van der Waals surface area contributed by atoms with Crippen LogP contribution in [0.15, 0.2) is 89.8 Å². The number of anilines is 2. The molecule has 2 N–H and O–H groups in total. The molecule has 4 rings (SSSR count). The van der Waals surface area contributed by atoms with Crippen molar-refractivity contribution in [2.75, 3.05) is 10.6 Å². The molecule has 12 heteroatoms. The summed E-state index contributed by atoms with van der Waals surface area (Å²) in [5.41, 5.74) is -0.591. The third kappa shape index (κ3) is 6.41. The lowest BCUT2D eigenvalue weighted by Gasteiger charge is -2.18. The van der Waals surface area contributed by atoms with Crippen LogP contribution in [-0.4, -0.2) is 16.7 Å². The van der Waals surface area contributed by atoms with Crippen LogP contribution in [-0.2, 0) is 4.79 Å². The Morgan fingerprint density at radius 1 is 0.795 bits per heavy atom. The first-order valence-electron chi connectivity index (χ1n) is 11.2. The van der Waals surface area contributed by atoms with Crippen LogP contribution in [0.1, 0.15) is 21.2 Å². The van der Waals surface area contributed by atoms with Crippen molar-refractivity contribution in [1.82, 2.24) is 0 Å². The number of rotatable bonds is 8. The zero-order chi connectivity index (χ0) is 28.1. The molecular weight excluding hydrogens is 538 g/mol. The molecule has 0 spiro atoms. The highest BCUT2D eigenvalue weighted by Gasteiger charge is 2.27. The first-order chi connectivity index (χ1) is 18.6. The first-order valence-corrected chi connectivity index (χ1v) is 12.0. The predicted octanol–water partition coefficient (Wildman–Crippen LogP) is 6.88. The van der Waals surface area contributed by atoms with E-state index in [0.29, 0.717) is 16.1 Å². The molecule has 1 atom stereocenters. The number of hydrogen-bond acceptors (Lipinski definition) is 5. The average molecular weight is 556 g/mol. The van der Waals surface area contributed by atoms with Gasteiger partial charge in [0.05, 0.1) is 4.92 Å². The van der Waals surface area contributed by atoms with Gasteiger partial charge in [0.25, 0.3) is 11.6 Å². The summed E-state index contributed by atoms with van der Waals surface area (Å²) in [6, 6.07) is 19.6. The van der Waals surface area contributed by atoms with Gasteiger partial charge in [0.1, 0.15) is 10.9 Å². The fraction of sp³-hybridized carbons (Fsp3) is 0.0370. The number of carbonyl (C=O) groups excluding carboxylic acids is 2. The third-order valence-electron chi connectivity index (χ3n) is 5.39. The van der Waals surface area contributed by atoms with Crippen molar-refractivity contribution in [3.63, 3.8) is 0 Å². The van der Waals surface area contributed by atoms with E-state index >= 15 is 0 Å². The Kier molecular flexibility index (Phi) is 8.25. The summed E-state index contributed by atoms with van der Waals surface area (Å²) in [5.74, 6) is -8.29. The number of halogens is 4. The Morgan fingerprint density at radius 3 is 2.05 bits per heavy atom. The number of nitro groups is 1. The van der Waals surface area contributed by atoms with Crippen LogP contribution < -0.4 is 10.6 Å². The second kappa shape index (κ2) is 11.8. The Bertz CT molecular complexity index is 1530. The van der Waals surface area contributed by atoms with E-state index in [0.717, 1.165) is 17.8 Å². The molecule has 7 nitrogen and oxygen atoms in total. The summed E-state index contributed by atoms with van der Waals surface area (Å²) in [6.45, 7) is 0. The van der Waals surface area contributed by atoms with E-state index in [-0.39, 0.29) is 17.3 Å². The van der Waals surface area contributed by atoms with Gasteiger partial charge in [-0.2, -0.15) is 0 Å². The van der Waals surface area contributed by atoms with Gasteiger partial charge in [-0.15, -0.1) is 11.8 Å². The molecule has 4 aromatic carbocycles. The van der Waals surface area contributed by atoms with Crippen LogP contribution in [0.25, 0.3) is 0 Å². The molecule has 0 saturated heterocycles. The Morgan fingerprint density at radius 2 is 1.44 bits per heavy atom. The lowest BCUT2D eigenvalue weighted by molar-refractivity contribution is -0.384. The molecule has 0 radical (unpaired) electrons. The highest BCUT2D eigenvalue weighted by atomic mass is 32.2. The standard InChI is InChI=1S/C27H17F4N3O4S/c28-20-14-21(29)23(31)24(22(20)30)33-27(36)25(15-5-2-1-3-6-15)39-19-11-9-17(10-12-19)32-26(35)16-7-4-8-18(13-16)34(37)38/h1-14,25H,(H,32,35)(H,33,36). The summed E-state index contributed by atoms with van der Waals surface area (Å²) >= 11 is 0.986. The van der Waals surface area contributed by atoms with Crippen molar-refractivity contribution in [1.29, 1.82) is 0 Å². The van der Waals surface area contributed by atoms with Gasteiger partial charge in [0.15, 0.2) is 23.3 Å². The van der Waals surface area contributed by atoms with Crippen molar-refractivity contribution in [2.45, 2.75) is 10.1 Å². The minimum Gasteiger partial charge on any atom is -0.322 e. The number of nitrogens with one attached hydrogen (secondary N) is 2. The fourth-order valence-electron chi connectivity index (χ4n) is 3.49. The zero-order valence-electron chi connectivity index (χ0n) is 19.7. The predicted molar refractivity (Wildman–Crippen MR) is 137 cm³/mol. The molecular formula is C27H17F4N3O4S. The van der Waals surface area contributed by atoms with Crippen LogP contribution >= 0.6 is 11.8 Å². The molecule has 0 aliphatic heterocycles. The summed E-state index contributed by atoms with van der Waals surface area (Å²) < 4.78 is 55.6. The second-order valence-electron chi connectivity index (χ2n) is 8.03. The highest BCUT2D eigenvalue weighted by Crippen LogP contribution is 2.37. The van der Waals surface area contributed by atoms with Crippen LogP contribution in [0.4, 0.5) is 34.6 Å². The monoisotopic (exact) mass is 555 g/mol. The number of benzene rings is 4. The van der Waals surface area contributed by atoms with Crippen molar-refractivity contribution in [3.05, 3.63) is 129 Å². The Hall–Kier alpha value is -4.71. The van der Waals surface area contributed by atoms with Gasteiger partial charge in [-0.1, -0.05) is 36.4 Å². The molecule has 198 valence electrons. The van der Waals surface area contributed by atoms with Crippen LogP contribution in [0.2, 0.25) is 0 Å². The van der Waals surface area contributed by atoms with Gasteiger partial charge in [0, 0.05) is 34.3 Å². The van der Waals surface area contributed by atoms with Gasteiger partial charge in [-0.25, -0.2) is 17.6 Å². The molecule has 0 heterocycles. The van der Waals surface area contributed by atoms with Crippen molar-refractivity contribution >= 4 is 40.6 Å². The number of amides is 2. The lowest BCUT2D eigenvalue weighted by Crippen LogP contribution is -2.21. The maximum atomic E-state index is 14.2. The molecule has 0 aliphatic carbocycles. The molecule has 0 saturated carbocycles. The smallest absolute Gasteiger partial charge is 0.270 e. The molecule has 1 unspecified atom stereocenters. The van der Waals surface area contributed by atoms with E-state index in [1.54, 1.807) is 42.5 Å². The molecule has 4 aromatic rings. The van der Waals surface area contributed by atoms with Crippen molar-refractivity contribution in [2.24, 2.45) is 0 Å². The van der Waals surface area contributed by atoms with E-state index in [1.807, 2.05) is 5.32 Å². The van der Waals surface area contributed by atoms with E-state index in [9.17, 15) is 37.3 Å². The van der Waals surface area contributed by atoms with Crippen LogP contribution in [0, 0.1) is 33.4 Å². The topological polar surface area (TPSA) is 101 Å². The second-order valence-corrected chi connectivity index (χ2v) is 9.21. The molecule has 0 aliphatic rings. The average Bonchev–Trinajstić information content (AvgIpc) is 2.94. The maximum Gasteiger partial charge on any atom is 0.270 e. The molecule has 0 fully saturated rings. The first kappa shape index (κ1) is 27.3. The largest absolute Gasteiger partial charge is 0.322 e. The third-order valence-corrected chi connectivity index (χ3v) is 6.65. The molecule has 2 amide bonds. The summed E-state index contributed by atoms with van der Waals surface area (Å²) in [5, 5.41) is 14.4. The van der Waals surface area contributed by atoms with E-state index < -0.39 is 50.9 Å². The Labute approximate surface area is 223 Å².